The monoisotopic (exact) mass is 828 g/mol. The van der Waals surface area contributed by atoms with Gasteiger partial charge in [0, 0.05) is 30.8 Å². The van der Waals surface area contributed by atoms with E-state index in [0.717, 1.165) is 18.2 Å². The molecule has 9 N–H and O–H groups in total. The molecule has 6 aromatic rings. The lowest BCUT2D eigenvalue weighted by atomic mass is 10.1. The highest BCUT2D eigenvalue weighted by molar-refractivity contribution is 7.92. The lowest BCUT2D eigenvalue weighted by Crippen LogP contribution is -2.41. The number of fused-ring (bicyclic) bond motifs is 2. The predicted octanol–water partition coefficient (Wildman–Crippen LogP) is 2.79. The Morgan fingerprint density at radius 1 is 1.00 bits per heavy atom. The second kappa shape index (κ2) is 18.4. The van der Waals surface area contributed by atoms with Crippen molar-refractivity contribution < 1.29 is 47.0 Å². The van der Waals surface area contributed by atoms with Crippen molar-refractivity contribution in [1.29, 1.82) is 0 Å². The largest absolute Gasteiger partial charge is 0.481 e. The first-order valence-electron chi connectivity index (χ1n) is 17.1. The number of sulfonamides is 1. The van der Waals surface area contributed by atoms with Gasteiger partial charge in [0.25, 0.3) is 5.91 Å². The molecule has 3 aromatic heterocycles. The standard InChI is InChI=1S/C20H22N8O5.C17H14N2O6S/c1-28(9-11-8-23-17-15(24-11)16(21)26-20(22)27-17)12-4-2-10(3-5-12)18(31)25-13(19(32)33)6-7-14(29)30;1-26(22,23)19-13-8-15-12(17(21)14(9-24-15)18-10-20)7-16(13)25-11-5-3-2-4-6-11/h2-5,8,13H,6-7,9H2,1H3,(H,25,31)(H,29,30)(H,32,33)(H4,21,22,23,26,27);2-10,19H,1H3,(H,18,20)/t13-;/m0./s1. The van der Waals surface area contributed by atoms with Gasteiger partial charge in [-0.3, -0.25) is 23.9 Å². The fourth-order valence-electron chi connectivity index (χ4n) is 5.33. The van der Waals surface area contributed by atoms with E-state index in [-0.39, 0.29) is 58.3 Å². The molecule has 0 unspecified atom stereocenters. The van der Waals surface area contributed by atoms with Crippen molar-refractivity contribution in [3.8, 4) is 11.5 Å². The number of anilines is 5. The van der Waals surface area contributed by atoms with Crippen LogP contribution in [0.4, 0.5) is 28.8 Å². The van der Waals surface area contributed by atoms with Crippen molar-refractivity contribution in [3.05, 3.63) is 101 Å². The van der Waals surface area contributed by atoms with E-state index in [1.54, 1.807) is 48.7 Å². The fourth-order valence-corrected chi connectivity index (χ4v) is 5.88. The minimum Gasteiger partial charge on any atom is -0.481 e. The average molecular weight is 829 g/mol. The minimum atomic E-state index is -3.60. The zero-order valence-corrected chi connectivity index (χ0v) is 32.0. The molecule has 59 heavy (non-hydrogen) atoms. The van der Waals surface area contributed by atoms with E-state index in [4.69, 9.17) is 25.7 Å². The Morgan fingerprint density at radius 3 is 2.36 bits per heavy atom. The normalized spacial score (nSPS) is 11.4. The van der Waals surface area contributed by atoms with Gasteiger partial charge in [-0.1, -0.05) is 18.2 Å². The van der Waals surface area contributed by atoms with Crippen LogP contribution in [0.25, 0.3) is 22.1 Å². The quantitative estimate of drug-likeness (QED) is 0.0732. The molecule has 0 spiro atoms. The summed E-state index contributed by atoms with van der Waals surface area (Å²) >= 11 is 0. The molecule has 0 aliphatic rings. The molecule has 6 rings (SSSR count). The molecular weight excluding hydrogens is 793 g/mol. The first kappa shape index (κ1) is 42.3. The van der Waals surface area contributed by atoms with Crippen molar-refractivity contribution in [3.63, 3.8) is 0 Å². The van der Waals surface area contributed by atoms with Crippen molar-refractivity contribution in [2.75, 3.05) is 39.7 Å². The van der Waals surface area contributed by atoms with Gasteiger partial charge in [0.05, 0.1) is 35.8 Å². The summed E-state index contributed by atoms with van der Waals surface area (Å²) in [7, 11) is -1.78. The van der Waals surface area contributed by atoms with E-state index in [1.165, 1.54) is 24.3 Å². The van der Waals surface area contributed by atoms with E-state index in [9.17, 15) is 37.5 Å². The summed E-state index contributed by atoms with van der Waals surface area (Å²) in [6.07, 6.45) is 3.41. The van der Waals surface area contributed by atoms with Gasteiger partial charge in [-0.2, -0.15) is 9.97 Å². The van der Waals surface area contributed by atoms with Crippen LogP contribution in [-0.2, 0) is 31.0 Å². The molecule has 3 aromatic carbocycles. The van der Waals surface area contributed by atoms with Crippen LogP contribution in [0, 0.1) is 0 Å². The first-order chi connectivity index (χ1) is 28.0. The predicted molar refractivity (Wildman–Crippen MR) is 215 cm³/mol. The summed E-state index contributed by atoms with van der Waals surface area (Å²) < 4.78 is 36.7. The second-order valence-corrected chi connectivity index (χ2v) is 14.3. The van der Waals surface area contributed by atoms with E-state index in [0.29, 0.717) is 35.6 Å². The number of hydrogen-bond acceptors (Lipinski definition) is 16. The highest BCUT2D eigenvalue weighted by atomic mass is 32.2. The molecule has 21 nitrogen and oxygen atoms in total. The van der Waals surface area contributed by atoms with Crippen molar-refractivity contribution in [1.82, 2.24) is 25.3 Å². The number of carboxylic acid groups (broad SMARTS) is 2. The van der Waals surface area contributed by atoms with Crippen LogP contribution in [0.3, 0.4) is 0 Å². The van der Waals surface area contributed by atoms with Crippen LogP contribution in [-0.4, -0.2) is 82.2 Å². The maximum atomic E-state index is 12.4. The number of benzene rings is 3. The summed E-state index contributed by atoms with van der Waals surface area (Å²) in [5.74, 6) is -2.34. The number of rotatable bonds is 15. The third-order valence-electron chi connectivity index (χ3n) is 8.08. The van der Waals surface area contributed by atoms with Gasteiger partial charge < -0.3 is 46.4 Å². The molecule has 0 saturated heterocycles. The molecule has 0 bridgehead atoms. The van der Waals surface area contributed by atoms with Gasteiger partial charge in [0.1, 0.15) is 29.3 Å². The number of carboxylic acids is 2. The van der Waals surface area contributed by atoms with E-state index in [2.05, 4.69) is 35.3 Å². The van der Waals surface area contributed by atoms with Crippen LogP contribution >= 0.6 is 0 Å². The van der Waals surface area contributed by atoms with Crippen LogP contribution in [0.15, 0.2) is 88.4 Å². The van der Waals surface area contributed by atoms with Gasteiger partial charge in [0.2, 0.25) is 27.8 Å². The van der Waals surface area contributed by atoms with Gasteiger partial charge in [0.15, 0.2) is 22.7 Å². The van der Waals surface area contributed by atoms with Crippen LogP contribution in [0.5, 0.6) is 11.5 Å². The number of carbonyl (C=O) groups is 4. The summed E-state index contributed by atoms with van der Waals surface area (Å²) in [6.45, 7) is 0.370. The number of aromatic nitrogens is 4. The fraction of sp³-hybridized carbons (Fsp3) is 0.162. The number of carbonyl (C=O) groups excluding carboxylic acids is 2. The SMILES string of the molecule is CN(Cc1cnc2nc(N)nc(N)c2n1)c1ccc(C(=O)N[C@@H](CCC(=O)O)C(=O)O)cc1.CS(=O)(=O)Nc1cc2occ(NC=O)c(=O)c2cc1Oc1ccccc1. The zero-order chi connectivity index (χ0) is 42.9. The molecule has 306 valence electrons. The lowest BCUT2D eigenvalue weighted by molar-refractivity contribution is -0.140. The maximum absolute atomic E-state index is 12.4. The average Bonchev–Trinajstić information content (AvgIpc) is 3.18. The molecule has 0 radical (unpaired) electrons. The van der Waals surface area contributed by atoms with E-state index >= 15 is 0 Å². The number of hydrogen-bond donors (Lipinski definition) is 7. The first-order valence-corrected chi connectivity index (χ1v) is 19.0. The number of para-hydroxylation sites is 1. The van der Waals surface area contributed by atoms with Gasteiger partial charge in [-0.05, 0) is 48.9 Å². The summed E-state index contributed by atoms with van der Waals surface area (Å²) in [4.78, 5) is 75.7. The highest BCUT2D eigenvalue weighted by Gasteiger charge is 2.22. The highest BCUT2D eigenvalue weighted by Crippen LogP contribution is 2.34. The second-order valence-electron chi connectivity index (χ2n) is 12.6. The third kappa shape index (κ3) is 11.3. The van der Waals surface area contributed by atoms with E-state index < -0.39 is 39.3 Å². The Labute approximate surface area is 334 Å². The summed E-state index contributed by atoms with van der Waals surface area (Å²) in [5.41, 5.74) is 13.4. The molecule has 0 saturated carbocycles. The van der Waals surface area contributed by atoms with Crippen LogP contribution in [0.2, 0.25) is 0 Å². The molecule has 0 aliphatic heterocycles. The van der Waals surface area contributed by atoms with Crippen molar-refractivity contribution in [2.45, 2.75) is 25.4 Å². The number of amides is 2. The topological polar surface area (TPSA) is 325 Å². The van der Waals surface area contributed by atoms with Gasteiger partial charge >= 0.3 is 11.9 Å². The third-order valence-corrected chi connectivity index (χ3v) is 8.67. The number of nitrogens with one attached hydrogen (secondary N) is 3. The molecule has 0 aliphatic carbocycles. The Bertz CT molecular complexity index is 2700. The smallest absolute Gasteiger partial charge is 0.326 e. The Kier molecular flexibility index (Phi) is 13.2. The molecule has 0 fully saturated rings. The van der Waals surface area contributed by atoms with Gasteiger partial charge in [-0.25, -0.2) is 23.2 Å². The number of nitrogens with zero attached hydrogens (tertiary/aromatic N) is 5. The van der Waals surface area contributed by atoms with Crippen LogP contribution in [0.1, 0.15) is 28.9 Å². The Balaban J connectivity index is 0.000000230. The molecule has 3 heterocycles. The number of nitrogen functional groups attached to an aromatic ring is 2. The van der Waals surface area contributed by atoms with Gasteiger partial charge in [-0.15, -0.1) is 0 Å². The summed E-state index contributed by atoms with van der Waals surface area (Å²) in [5, 5.41) is 22.6. The number of aliphatic carboxylic acids is 2. The Hall–Kier alpha value is -7.88. The summed E-state index contributed by atoms with van der Waals surface area (Å²) in [6, 6.07) is 16.5. The van der Waals surface area contributed by atoms with Crippen molar-refractivity contribution in [2.24, 2.45) is 0 Å². The molecular formula is C37H36N10O11S. The molecule has 2 amide bonds. The van der Waals surface area contributed by atoms with Crippen molar-refractivity contribution >= 4 is 85.2 Å². The number of nitrogens with two attached hydrogens (primary N) is 2. The zero-order valence-electron chi connectivity index (χ0n) is 31.1. The maximum Gasteiger partial charge on any atom is 0.326 e. The molecule has 22 heteroatoms. The Morgan fingerprint density at radius 2 is 1.71 bits per heavy atom. The number of ether oxygens (including phenoxy) is 1. The van der Waals surface area contributed by atoms with Crippen LogP contribution < -0.4 is 41.9 Å². The minimum absolute atomic E-state index is 0.0138. The van der Waals surface area contributed by atoms with E-state index in [1.807, 2.05) is 11.9 Å². The lowest BCUT2D eigenvalue weighted by Gasteiger charge is -2.19. The molecule has 1 atom stereocenters.